The Morgan fingerprint density at radius 1 is 1.39 bits per heavy atom. The van der Waals surface area contributed by atoms with Crippen LogP contribution < -0.4 is 0 Å². The Hall–Kier alpha value is -1.81. The summed E-state index contributed by atoms with van der Waals surface area (Å²) in [6.07, 6.45) is 3.21. The Morgan fingerprint density at radius 2 is 2.06 bits per heavy atom. The smallest absolute Gasteiger partial charge is 0.186 e. The number of hydrogen-bond donors (Lipinski definition) is 0. The lowest BCUT2D eigenvalue weighted by molar-refractivity contribution is 0.104. The van der Waals surface area contributed by atoms with Crippen LogP contribution in [-0.2, 0) is 0 Å². The van der Waals surface area contributed by atoms with Crippen LogP contribution in [0.2, 0.25) is 0 Å². The van der Waals surface area contributed by atoms with Crippen molar-refractivity contribution in [1.29, 1.82) is 0 Å². The second-order valence-electron chi connectivity index (χ2n) is 3.45. The van der Waals surface area contributed by atoms with Crippen LogP contribution in [0.3, 0.4) is 0 Å². The molecule has 0 spiro atoms. The average molecular weight is 260 g/mol. The summed E-state index contributed by atoms with van der Waals surface area (Å²) >= 11 is 1.38. The van der Waals surface area contributed by atoms with Crippen molar-refractivity contribution < 1.29 is 4.79 Å². The fourth-order valence-electron chi connectivity index (χ4n) is 1.23. The molecule has 0 saturated heterocycles. The second kappa shape index (κ2) is 7.50. The molecule has 0 aliphatic rings. The zero-order chi connectivity index (χ0) is 13.4. The van der Waals surface area contributed by atoms with E-state index < -0.39 is 0 Å². The largest absolute Gasteiger partial charge is 0.331 e. The molecular weight excluding hydrogens is 244 g/mol. The van der Waals surface area contributed by atoms with E-state index >= 15 is 0 Å². The Balaban J connectivity index is 2.61. The number of carbonyl (C=O) groups excluding carboxylic acids is 1. The first-order valence-electron chi connectivity index (χ1n) is 5.43. The minimum absolute atomic E-state index is 0.0141. The number of aliphatic imine (C=N–C) groups is 1. The lowest BCUT2D eigenvalue weighted by atomic mass is 10.1. The third-order valence-electron chi connectivity index (χ3n) is 2.22. The Kier molecular flexibility index (Phi) is 5.94. The number of allylic oxidation sites excluding steroid dienone is 1. The first-order chi connectivity index (χ1) is 8.69. The van der Waals surface area contributed by atoms with Gasteiger partial charge in [0.25, 0.3) is 0 Å². The van der Waals surface area contributed by atoms with E-state index in [1.165, 1.54) is 11.8 Å². The molecule has 0 bridgehead atoms. The van der Waals surface area contributed by atoms with Crippen molar-refractivity contribution in [2.24, 2.45) is 4.99 Å². The van der Waals surface area contributed by atoms with Gasteiger partial charge in [0.1, 0.15) is 0 Å². The Labute approximate surface area is 112 Å². The normalized spacial score (nSPS) is 11.6. The van der Waals surface area contributed by atoms with Crippen molar-refractivity contribution in [2.45, 2.75) is 0 Å². The standard InChI is InChI=1S/C14H16N2OS/c1-4-16(3)14(15-2)18-11-10-13(17)12-8-6-5-7-9-12/h4-11H,1H2,2-3H3/b11-10+,15-14?. The van der Waals surface area contributed by atoms with Crippen LogP contribution in [0.5, 0.6) is 0 Å². The zero-order valence-electron chi connectivity index (χ0n) is 10.5. The number of ketones is 1. The van der Waals surface area contributed by atoms with Gasteiger partial charge in [0.2, 0.25) is 0 Å². The van der Waals surface area contributed by atoms with Crippen LogP contribution in [-0.4, -0.2) is 29.9 Å². The molecule has 0 atom stereocenters. The molecule has 3 nitrogen and oxygen atoms in total. The van der Waals surface area contributed by atoms with Crippen molar-refractivity contribution in [2.75, 3.05) is 14.1 Å². The molecule has 4 heteroatoms. The zero-order valence-corrected chi connectivity index (χ0v) is 11.4. The van der Waals surface area contributed by atoms with Crippen LogP contribution in [0.15, 0.2) is 59.6 Å². The minimum atomic E-state index is -0.0141. The summed E-state index contributed by atoms with van der Waals surface area (Å²) in [6.45, 7) is 3.66. The maximum Gasteiger partial charge on any atom is 0.186 e. The van der Waals surface area contributed by atoms with Gasteiger partial charge in [-0.05, 0) is 17.7 Å². The molecule has 0 amide bonds. The molecule has 0 aliphatic carbocycles. The van der Waals surface area contributed by atoms with Crippen LogP contribution in [0.1, 0.15) is 10.4 Å². The van der Waals surface area contributed by atoms with E-state index in [-0.39, 0.29) is 5.78 Å². The highest BCUT2D eigenvalue weighted by molar-refractivity contribution is 8.16. The van der Waals surface area contributed by atoms with E-state index in [2.05, 4.69) is 11.6 Å². The summed E-state index contributed by atoms with van der Waals surface area (Å²) < 4.78 is 0. The van der Waals surface area contributed by atoms with Crippen molar-refractivity contribution in [3.8, 4) is 0 Å². The summed E-state index contributed by atoms with van der Waals surface area (Å²) in [6, 6.07) is 9.16. The van der Waals surface area contributed by atoms with Gasteiger partial charge in [-0.2, -0.15) is 0 Å². The van der Waals surface area contributed by atoms with Gasteiger partial charge in [0, 0.05) is 19.7 Å². The minimum Gasteiger partial charge on any atom is -0.331 e. The number of rotatable bonds is 4. The van der Waals surface area contributed by atoms with Gasteiger partial charge in [0.05, 0.1) is 0 Å². The molecular formula is C14H16N2OS. The van der Waals surface area contributed by atoms with E-state index in [0.29, 0.717) is 5.56 Å². The topological polar surface area (TPSA) is 32.7 Å². The first kappa shape index (κ1) is 14.3. The molecule has 1 aromatic rings. The monoisotopic (exact) mass is 260 g/mol. The molecule has 0 saturated carbocycles. The number of nitrogens with zero attached hydrogens (tertiary/aromatic N) is 2. The predicted molar refractivity (Wildman–Crippen MR) is 78.8 cm³/mol. The highest BCUT2D eigenvalue weighted by atomic mass is 32.2. The van der Waals surface area contributed by atoms with Gasteiger partial charge < -0.3 is 4.90 Å². The lowest BCUT2D eigenvalue weighted by Gasteiger charge is -2.12. The molecule has 0 radical (unpaired) electrons. The SMILES string of the molecule is C=CN(C)C(=NC)S/C=C/C(=O)c1ccccc1. The first-order valence-corrected chi connectivity index (χ1v) is 6.31. The lowest BCUT2D eigenvalue weighted by Crippen LogP contribution is -2.16. The number of thioether (sulfide) groups is 1. The van der Waals surface area contributed by atoms with Gasteiger partial charge in [0.15, 0.2) is 11.0 Å². The Morgan fingerprint density at radius 3 is 2.61 bits per heavy atom. The third kappa shape index (κ3) is 4.22. The van der Waals surface area contributed by atoms with Gasteiger partial charge in [-0.15, -0.1) is 0 Å². The molecule has 0 aliphatic heterocycles. The number of benzene rings is 1. The summed E-state index contributed by atoms with van der Waals surface area (Å²) in [7, 11) is 3.56. The van der Waals surface area contributed by atoms with E-state index in [1.54, 1.807) is 41.8 Å². The van der Waals surface area contributed by atoms with Crippen molar-refractivity contribution in [1.82, 2.24) is 4.90 Å². The molecule has 18 heavy (non-hydrogen) atoms. The maximum atomic E-state index is 11.8. The van der Waals surface area contributed by atoms with Gasteiger partial charge >= 0.3 is 0 Å². The van der Waals surface area contributed by atoms with E-state index in [0.717, 1.165) is 5.17 Å². The van der Waals surface area contributed by atoms with Gasteiger partial charge in [-0.1, -0.05) is 48.7 Å². The number of carbonyl (C=O) groups is 1. The fourth-order valence-corrected chi connectivity index (χ4v) is 1.89. The van der Waals surface area contributed by atoms with Crippen LogP contribution >= 0.6 is 11.8 Å². The van der Waals surface area contributed by atoms with E-state index in [9.17, 15) is 4.79 Å². The summed E-state index contributed by atoms with van der Waals surface area (Å²) in [4.78, 5) is 17.7. The van der Waals surface area contributed by atoms with Crippen LogP contribution in [0.4, 0.5) is 0 Å². The molecule has 1 aromatic carbocycles. The Bertz CT molecular complexity index is 466. The highest BCUT2D eigenvalue weighted by Crippen LogP contribution is 2.10. The predicted octanol–water partition coefficient (Wildman–Crippen LogP) is 3.18. The summed E-state index contributed by atoms with van der Waals surface area (Å²) in [5.41, 5.74) is 0.682. The number of amidine groups is 1. The quantitative estimate of drug-likeness (QED) is 0.361. The molecule has 0 aromatic heterocycles. The molecule has 0 fully saturated rings. The summed E-state index contributed by atoms with van der Waals surface area (Å²) in [5.74, 6) is -0.0141. The number of hydrogen-bond acceptors (Lipinski definition) is 3. The molecule has 94 valence electrons. The average Bonchev–Trinajstić information content (AvgIpc) is 2.43. The van der Waals surface area contributed by atoms with Crippen LogP contribution in [0, 0.1) is 0 Å². The molecule has 0 unspecified atom stereocenters. The van der Waals surface area contributed by atoms with Gasteiger partial charge in [-0.25, -0.2) is 0 Å². The van der Waals surface area contributed by atoms with Crippen molar-refractivity contribution in [3.05, 3.63) is 60.2 Å². The van der Waals surface area contributed by atoms with E-state index in [4.69, 9.17) is 0 Å². The molecule has 1 rings (SSSR count). The fraction of sp³-hybridized carbons (Fsp3) is 0.143. The van der Waals surface area contributed by atoms with Crippen LogP contribution in [0.25, 0.3) is 0 Å². The molecule has 0 N–H and O–H groups in total. The summed E-state index contributed by atoms with van der Waals surface area (Å²) in [5, 5.41) is 2.51. The second-order valence-corrected chi connectivity index (χ2v) is 4.32. The highest BCUT2D eigenvalue weighted by Gasteiger charge is 2.02. The maximum absolute atomic E-state index is 11.8. The third-order valence-corrected chi connectivity index (χ3v) is 3.17. The van der Waals surface area contributed by atoms with Crippen molar-refractivity contribution >= 4 is 22.7 Å². The van der Waals surface area contributed by atoms with E-state index in [1.807, 2.05) is 25.2 Å². The van der Waals surface area contributed by atoms with Gasteiger partial charge in [-0.3, -0.25) is 9.79 Å². The van der Waals surface area contributed by atoms with Crippen molar-refractivity contribution in [3.63, 3.8) is 0 Å². The molecule has 0 heterocycles.